The molecule has 0 aliphatic carbocycles. The molecule has 2 aromatic carbocycles. The lowest BCUT2D eigenvalue weighted by Gasteiger charge is -2.35. The van der Waals surface area contributed by atoms with Crippen LogP contribution in [0.5, 0.6) is 5.75 Å². The van der Waals surface area contributed by atoms with Crippen LogP contribution in [-0.4, -0.2) is 52.8 Å². The molecule has 3 rings (SSSR count). The van der Waals surface area contributed by atoms with Crippen molar-refractivity contribution in [2.45, 2.75) is 18.4 Å². The number of piperidine rings is 1. The highest BCUT2D eigenvalue weighted by molar-refractivity contribution is 5.95. The Morgan fingerprint density at radius 2 is 1.67 bits per heavy atom. The van der Waals surface area contributed by atoms with Gasteiger partial charge in [-0.25, -0.2) is 9.18 Å². The highest BCUT2D eigenvalue weighted by Gasteiger charge is 2.40. The van der Waals surface area contributed by atoms with Crippen LogP contribution in [0.2, 0.25) is 0 Å². The maximum atomic E-state index is 14.6. The molecule has 27 heavy (non-hydrogen) atoms. The van der Waals surface area contributed by atoms with E-state index in [0.29, 0.717) is 11.3 Å². The van der Waals surface area contributed by atoms with E-state index in [1.165, 1.54) is 17.0 Å². The second-order valence-electron chi connectivity index (χ2n) is 6.55. The van der Waals surface area contributed by atoms with Gasteiger partial charge in [0, 0.05) is 25.9 Å². The van der Waals surface area contributed by atoms with Gasteiger partial charge in [0.15, 0.2) is 5.60 Å². The zero-order valence-electron chi connectivity index (χ0n) is 14.8. The number of methoxy groups -OCH3 is 1. The number of hydrogen-bond donors (Lipinski definition) is 2. The lowest BCUT2D eigenvalue weighted by Crippen LogP contribution is -2.50. The summed E-state index contributed by atoms with van der Waals surface area (Å²) in [5.41, 5.74) is -0.482. The zero-order chi connectivity index (χ0) is 19.6. The first-order valence-corrected chi connectivity index (χ1v) is 8.53. The fourth-order valence-electron chi connectivity index (χ4n) is 3.12. The van der Waals surface area contributed by atoms with Crippen molar-refractivity contribution in [2.24, 2.45) is 0 Å². The zero-order valence-corrected chi connectivity index (χ0v) is 14.8. The van der Waals surface area contributed by atoms with Crippen LogP contribution in [0.1, 0.15) is 23.2 Å². The molecular weight excluding hydrogens is 353 g/mol. The number of carboxylic acids is 1. The van der Waals surface area contributed by atoms with E-state index in [2.05, 4.69) is 0 Å². The van der Waals surface area contributed by atoms with Crippen LogP contribution < -0.4 is 4.74 Å². The summed E-state index contributed by atoms with van der Waals surface area (Å²) < 4.78 is 19.6. The Bertz CT molecular complexity index is 857. The molecule has 0 radical (unpaired) electrons. The molecule has 1 aliphatic heterocycles. The Labute approximate surface area is 155 Å². The summed E-state index contributed by atoms with van der Waals surface area (Å²) in [7, 11) is 1.56. The number of aliphatic hydroxyl groups is 1. The minimum atomic E-state index is -1.83. The fraction of sp³-hybridized carbons (Fsp3) is 0.300. The third-order valence-corrected chi connectivity index (χ3v) is 4.90. The number of rotatable bonds is 4. The molecule has 0 atom stereocenters. The standard InChI is InChI=1S/C20H20FNO5/c1-27-15-5-2-13(3-6-15)14-4-7-16(17(21)12-14)18(23)22-10-8-20(26,9-11-22)19(24)25/h2-7,12,26H,8-11H2,1H3,(H,24,25). The van der Waals surface area contributed by atoms with Crippen molar-refractivity contribution in [2.75, 3.05) is 20.2 Å². The van der Waals surface area contributed by atoms with Crippen molar-refractivity contribution in [3.8, 4) is 16.9 Å². The number of amides is 1. The van der Waals surface area contributed by atoms with Crippen LogP contribution >= 0.6 is 0 Å². The topological polar surface area (TPSA) is 87.1 Å². The van der Waals surface area contributed by atoms with Gasteiger partial charge in [0.2, 0.25) is 0 Å². The fourth-order valence-corrected chi connectivity index (χ4v) is 3.12. The van der Waals surface area contributed by atoms with E-state index >= 15 is 0 Å². The van der Waals surface area contributed by atoms with Crippen molar-refractivity contribution in [1.29, 1.82) is 0 Å². The van der Waals surface area contributed by atoms with Crippen molar-refractivity contribution in [1.82, 2.24) is 4.90 Å². The first kappa shape index (κ1) is 18.8. The maximum Gasteiger partial charge on any atom is 0.335 e. The molecule has 1 saturated heterocycles. The third kappa shape index (κ3) is 3.78. The number of hydrogen-bond acceptors (Lipinski definition) is 4. The molecule has 2 N–H and O–H groups in total. The van der Waals surface area contributed by atoms with Gasteiger partial charge in [-0.1, -0.05) is 18.2 Å². The number of likely N-dealkylation sites (tertiary alicyclic amines) is 1. The van der Waals surface area contributed by atoms with Crippen LogP contribution in [0.25, 0.3) is 11.1 Å². The SMILES string of the molecule is COc1ccc(-c2ccc(C(=O)N3CCC(O)(C(=O)O)CC3)c(F)c2)cc1. The second-order valence-corrected chi connectivity index (χ2v) is 6.55. The number of carboxylic acid groups (broad SMARTS) is 1. The number of aliphatic carboxylic acids is 1. The van der Waals surface area contributed by atoms with E-state index in [1.807, 2.05) is 0 Å². The van der Waals surface area contributed by atoms with E-state index in [9.17, 15) is 19.1 Å². The van der Waals surface area contributed by atoms with Gasteiger partial charge in [0.1, 0.15) is 11.6 Å². The van der Waals surface area contributed by atoms with Crippen LogP contribution in [0, 0.1) is 5.82 Å². The normalized spacial score (nSPS) is 16.0. The van der Waals surface area contributed by atoms with Gasteiger partial charge in [0.25, 0.3) is 5.91 Å². The summed E-state index contributed by atoms with van der Waals surface area (Å²) in [6, 6.07) is 11.5. The molecular formula is C20H20FNO5. The molecule has 0 saturated carbocycles. The molecule has 7 heteroatoms. The molecule has 6 nitrogen and oxygen atoms in total. The van der Waals surface area contributed by atoms with Crippen LogP contribution in [0.3, 0.4) is 0 Å². The molecule has 142 valence electrons. The predicted octanol–water partition coefficient (Wildman–Crippen LogP) is 2.55. The molecule has 1 amide bonds. The summed E-state index contributed by atoms with van der Waals surface area (Å²) in [4.78, 5) is 25.0. The Morgan fingerprint density at radius 3 is 2.19 bits per heavy atom. The lowest BCUT2D eigenvalue weighted by atomic mass is 9.91. The largest absolute Gasteiger partial charge is 0.497 e. The smallest absolute Gasteiger partial charge is 0.335 e. The molecule has 1 heterocycles. The van der Waals surface area contributed by atoms with Gasteiger partial charge in [-0.15, -0.1) is 0 Å². The van der Waals surface area contributed by atoms with Crippen molar-refractivity contribution in [3.05, 3.63) is 53.8 Å². The summed E-state index contributed by atoms with van der Waals surface area (Å²) >= 11 is 0. The number of nitrogens with zero attached hydrogens (tertiary/aromatic N) is 1. The summed E-state index contributed by atoms with van der Waals surface area (Å²) in [6.45, 7) is 0.114. The summed E-state index contributed by atoms with van der Waals surface area (Å²) in [6.07, 6.45) is -0.167. The monoisotopic (exact) mass is 373 g/mol. The van der Waals surface area contributed by atoms with Gasteiger partial charge in [-0.2, -0.15) is 0 Å². The lowest BCUT2D eigenvalue weighted by molar-refractivity contribution is -0.162. The van der Waals surface area contributed by atoms with Crippen molar-refractivity contribution >= 4 is 11.9 Å². The van der Waals surface area contributed by atoms with E-state index in [0.717, 1.165) is 5.56 Å². The second kappa shape index (κ2) is 7.36. The number of ether oxygens (including phenoxy) is 1. The minimum Gasteiger partial charge on any atom is -0.497 e. The van der Waals surface area contributed by atoms with E-state index < -0.39 is 23.3 Å². The number of carbonyl (C=O) groups excluding carboxylic acids is 1. The molecule has 0 bridgehead atoms. The third-order valence-electron chi connectivity index (χ3n) is 4.90. The van der Waals surface area contributed by atoms with Gasteiger partial charge in [-0.05, 0) is 35.4 Å². The quantitative estimate of drug-likeness (QED) is 0.860. The predicted molar refractivity (Wildman–Crippen MR) is 96.1 cm³/mol. The van der Waals surface area contributed by atoms with Gasteiger partial charge < -0.3 is 19.8 Å². The van der Waals surface area contributed by atoms with E-state index in [4.69, 9.17) is 9.84 Å². The Hall–Kier alpha value is -2.93. The Balaban J connectivity index is 1.75. The van der Waals surface area contributed by atoms with Crippen LogP contribution in [-0.2, 0) is 4.79 Å². The van der Waals surface area contributed by atoms with Crippen LogP contribution in [0.4, 0.5) is 4.39 Å². The molecule has 0 spiro atoms. The first-order chi connectivity index (χ1) is 12.8. The highest BCUT2D eigenvalue weighted by Crippen LogP contribution is 2.27. The average molecular weight is 373 g/mol. The Kier molecular flexibility index (Phi) is 5.14. The number of halogens is 1. The van der Waals surface area contributed by atoms with Crippen molar-refractivity contribution < 1.29 is 28.9 Å². The van der Waals surface area contributed by atoms with Gasteiger partial charge >= 0.3 is 5.97 Å². The number of benzene rings is 2. The number of carbonyl (C=O) groups is 2. The highest BCUT2D eigenvalue weighted by atomic mass is 19.1. The van der Waals surface area contributed by atoms with Crippen LogP contribution in [0.15, 0.2) is 42.5 Å². The van der Waals surface area contributed by atoms with Crippen molar-refractivity contribution in [3.63, 3.8) is 0 Å². The summed E-state index contributed by atoms with van der Waals surface area (Å²) in [5.74, 6) is -1.77. The van der Waals surface area contributed by atoms with Gasteiger partial charge in [0.05, 0.1) is 12.7 Å². The molecule has 0 unspecified atom stereocenters. The Morgan fingerprint density at radius 1 is 1.07 bits per heavy atom. The molecule has 0 aromatic heterocycles. The maximum absolute atomic E-state index is 14.6. The molecule has 1 fully saturated rings. The summed E-state index contributed by atoms with van der Waals surface area (Å²) in [5, 5.41) is 19.0. The van der Waals surface area contributed by atoms with Gasteiger partial charge in [-0.3, -0.25) is 4.79 Å². The van der Waals surface area contributed by atoms with E-state index in [-0.39, 0.29) is 31.5 Å². The molecule has 2 aromatic rings. The minimum absolute atomic E-state index is 0.0568. The average Bonchev–Trinajstić information content (AvgIpc) is 2.68. The molecule has 1 aliphatic rings. The van der Waals surface area contributed by atoms with E-state index in [1.54, 1.807) is 37.4 Å². The first-order valence-electron chi connectivity index (χ1n) is 8.53.